The Morgan fingerprint density at radius 2 is 2.29 bits per heavy atom. The molecule has 1 aromatic carbocycles. The van der Waals surface area contributed by atoms with Gasteiger partial charge in [-0.25, -0.2) is 4.79 Å². The summed E-state index contributed by atoms with van der Waals surface area (Å²) in [4.78, 5) is 22.2. The molecule has 0 N–H and O–H groups in total. The van der Waals surface area contributed by atoms with Gasteiger partial charge in [-0.1, -0.05) is 5.10 Å². The highest BCUT2D eigenvalue weighted by atomic mass is 79.9. The molecule has 0 unspecified atom stereocenters. The predicted octanol–water partition coefficient (Wildman–Crippen LogP) is 3.07. The summed E-state index contributed by atoms with van der Waals surface area (Å²) in [5.74, 6) is -0.933. The fourth-order valence-corrected chi connectivity index (χ4v) is 2.60. The number of rotatable bonds is 5. The standard InChI is InChI=1S/C11H8BrN3O5S/c1-2-19-10(16)9-13-14-11(20-9)21-8-4-3-6(15(17)18)5-7(8)12/h3-5H,2H2,1H3. The van der Waals surface area contributed by atoms with E-state index in [1.807, 2.05) is 0 Å². The van der Waals surface area contributed by atoms with Gasteiger partial charge in [-0.15, -0.1) is 5.10 Å². The lowest BCUT2D eigenvalue weighted by molar-refractivity contribution is -0.385. The lowest BCUT2D eigenvalue weighted by Gasteiger charge is -2.00. The molecule has 0 aliphatic heterocycles. The highest BCUT2D eigenvalue weighted by Crippen LogP contribution is 2.34. The average molecular weight is 374 g/mol. The summed E-state index contributed by atoms with van der Waals surface area (Å²) in [6.07, 6.45) is 0. The second-order valence-electron chi connectivity index (χ2n) is 3.57. The van der Waals surface area contributed by atoms with E-state index in [-0.39, 0.29) is 23.4 Å². The number of ether oxygens (including phenoxy) is 1. The number of benzene rings is 1. The minimum atomic E-state index is -0.695. The SMILES string of the molecule is CCOC(=O)c1nnc(Sc2ccc([N+](=O)[O-])cc2Br)o1. The number of nitro benzene ring substituents is 1. The van der Waals surface area contributed by atoms with Crippen LogP contribution in [0, 0.1) is 10.1 Å². The molecule has 0 aliphatic rings. The summed E-state index contributed by atoms with van der Waals surface area (Å²) in [5, 5.41) is 18.1. The molecule has 10 heteroatoms. The molecule has 8 nitrogen and oxygen atoms in total. The van der Waals surface area contributed by atoms with Crippen molar-refractivity contribution in [2.45, 2.75) is 17.0 Å². The molecule has 21 heavy (non-hydrogen) atoms. The van der Waals surface area contributed by atoms with E-state index in [0.717, 1.165) is 11.8 Å². The average Bonchev–Trinajstić information content (AvgIpc) is 2.90. The number of carbonyl (C=O) groups is 1. The van der Waals surface area contributed by atoms with Crippen LogP contribution in [0.5, 0.6) is 0 Å². The van der Waals surface area contributed by atoms with Crippen LogP contribution < -0.4 is 0 Å². The van der Waals surface area contributed by atoms with Gasteiger partial charge in [0.05, 0.1) is 11.5 Å². The number of hydrogen-bond donors (Lipinski definition) is 0. The van der Waals surface area contributed by atoms with Crippen LogP contribution in [0.15, 0.2) is 37.2 Å². The van der Waals surface area contributed by atoms with E-state index in [9.17, 15) is 14.9 Å². The Morgan fingerprint density at radius 3 is 2.90 bits per heavy atom. The summed E-state index contributed by atoms with van der Waals surface area (Å²) in [5.41, 5.74) is -0.0380. The van der Waals surface area contributed by atoms with E-state index < -0.39 is 10.9 Å². The molecule has 0 spiro atoms. The molecule has 0 saturated heterocycles. The number of non-ortho nitro benzene ring substituents is 1. The van der Waals surface area contributed by atoms with Crippen molar-refractivity contribution in [3.63, 3.8) is 0 Å². The number of carbonyl (C=O) groups excluding carboxylic acids is 1. The fraction of sp³-hybridized carbons (Fsp3) is 0.182. The number of esters is 1. The maximum absolute atomic E-state index is 11.4. The van der Waals surface area contributed by atoms with Gasteiger partial charge in [0.2, 0.25) is 0 Å². The van der Waals surface area contributed by atoms with Crippen molar-refractivity contribution >= 4 is 39.3 Å². The minimum absolute atomic E-state index is 0.0380. The molecular formula is C11H8BrN3O5S. The van der Waals surface area contributed by atoms with Crippen molar-refractivity contribution in [1.82, 2.24) is 10.2 Å². The third-order valence-electron chi connectivity index (χ3n) is 2.18. The van der Waals surface area contributed by atoms with Gasteiger partial charge in [-0.05, 0) is 40.7 Å². The first-order valence-electron chi connectivity index (χ1n) is 5.63. The van der Waals surface area contributed by atoms with E-state index in [1.54, 1.807) is 13.0 Å². The van der Waals surface area contributed by atoms with Crippen molar-refractivity contribution in [1.29, 1.82) is 0 Å². The molecule has 1 heterocycles. The number of hydrogen-bond acceptors (Lipinski definition) is 8. The molecule has 2 rings (SSSR count). The molecule has 0 radical (unpaired) electrons. The van der Waals surface area contributed by atoms with E-state index in [1.165, 1.54) is 12.1 Å². The van der Waals surface area contributed by atoms with Gasteiger partial charge < -0.3 is 9.15 Å². The first-order chi connectivity index (χ1) is 10.0. The van der Waals surface area contributed by atoms with E-state index in [4.69, 9.17) is 9.15 Å². The van der Waals surface area contributed by atoms with Crippen LogP contribution in [0.25, 0.3) is 0 Å². The third kappa shape index (κ3) is 3.79. The zero-order valence-corrected chi connectivity index (χ0v) is 13.0. The van der Waals surface area contributed by atoms with E-state index >= 15 is 0 Å². The fourth-order valence-electron chi connectivity index (χ4n) is 1.31. The van der Waals surface area contributed by atoms with Gasteiger partial charge in [-0.3, -0.25) is 10.1 Å². The normalized spacial score (nSPS) is 10.4. The van der Waals surface area contributed by atoms with Crippen LogP contribution in [0.3, 0.4) is 0 Å². The molecule has 110 valence electrons. The monoisotopic (exact) mass is 373 g/mol. The van der Waals surface area contributed by atoms with Crippen molar-refractivity contribution in [2.24, 2.45) is 0 Å². The van der Waals surface area contributed by atoms with Crippen molar-refractivity contribution in [3.8, 4) is 0 Å². The molecule has 0 saturated carbocycles. The number of nitro groups is 1. The van der Waals surface area contributed by atoms with E-state index in [0.29, 0.717) is 9.37 Å². The second-order valence-corrected chi connectivity index (χ2v) is 5.42. The molecular weight excluding hydrogens is 366 g/mol. The number of nitrogens with zero attached hydrogens (tertiary/aromatic N) is 3. The zero-order chi connectivity index (χ0) is 15.4. The molecule has 0 atom stereocenters. The molecule has 1 aromatic heterocycles. The van der Waals surface area contributed by atoms with Crippen molar-refractivity contribution in [2.75, 3.05) is 6.61 Å². The molecule has 0 amide bonds. The summed E-state index contributed by atoms with van der Waals surface area (Å²) >= 11 is 4.30. The van der Waals surface area contributed by atoms with Gasteiger partial charge in [0, 0.05) is 21.5 Å². The quantitative estimate of drug-likeness (QED) is 0.446. The number of aromatic nitrogens is 2. The first kappa shape index (κ1) is 15.4. The number of halogens is 1. The maximum Gasteiger partial charge on any atom is 0.396 e. The van der Waals surface area contributed by atoms with Crippen LogP contribution in [-0.2, 0) is 4.74 Å². The Labute approximate surface area is 131 Å². The summed E-state index contributed by atoms with van der Waals surface area (Å²) in [6, 6.07) is 4.27. The lowest BCUT2D eigenvalue weighted by atomic mass is 10.3. The smallest absolute Gasteiger partial charge is 0.396 e. The van der Waals surface area contributed by atoms with E-state index in [2.05, 4.69) is 26.1 Å². The third-order valence-corrected chi connectivity index (χ3v) is 4.01. The Hall–Kier alpha value is -1.94. The molecule has 2 aromatic rings. The summed E-state index contributed by atoms with van der Waals surface area (Å²) < 4.78 is 10.4. The van der Waals surface area contributed by atoms with Crippen LogP contribution in [0.1, 0.15) is 17.6 Å². The lowest BCUT2D eigenvalue weighted by Crippen LogP contribution is -2.04. The van der Waals surface area contributed by atoms with Crippen molar-refractivity contribution < 1.29 is 18.9 Å². The molecule has 0 aliphatic carbocycles. The Morgan fingerprint density at radius 1 is 1.52 bits per heavy atom. The predicted molar refractivity (Wildman–Crippen MR) is 75.2 cm³/mol. The van der Waals surface area contributed by atoms with Gasteiger partial charge in [0.15, 0.2) is 0 Å². The highest BCUT2D eigenvalue weighted by molar-refractivity contribution is 9.10. The van der Waals surface area contributed by atoms with Gasteiger partial charge in [0.1, 0.15) is 0 Å². The second kappa shape index (κ2) is 6.68. The summed E-state index contributed by atoms with van der Waals surface area (Å²) in [6.45, 7) is 1.87. The van der Waals surface area contributed by atoms with Crippen molar-refractivity contribution in [3.05, 3.63) is 38.7 Å². The summed E-state index contributed by atoms with van der Waals surface area (Å²) in [7, 11) is 0. The zero-order valence-electron chi connectivity index (χ0n) is 10.6. The van der Waals surface area contributed by atoms with Crippen LogP contribution in [0.4, 0.5) is 5.69 Å². The van der Waals surface area contributed by atoms with Crippen LogP contribution in [0.2, 0.25) is 0 Å². The minimum Gasteiger partial charge on any atom is -0.459 e. The molecule has 0 bridgehead atoms. The topological polar surface area (TPSA) is 108 Å². The van der Waals surface area contributed by atoms with Crippen LogP contribution >= 0.6 is 27.7 Å². The van der Waals surface area contributed by atoms with Gasteiger partial charge >= 0.3 is 11.9 Å². The maximum atomic E-state index is 11.4. The Balaban J connectivity index is 2.15. The first-order valence-corrected chi connectivity index (χ1v) is 7.24. The highest BCUT2D eigenvalue weighted by Gasteiger charge is 2.18. The largest absolute Gasteiger partial charge is 0.459 e. The van der Waals surface area contributed by atoms with Gasteiger partial charge in [-0.2, -0.15) is 0 Å². The Kier molecular flexibility index (Phi) is 4.91. The van der Waals surface area contributed by atoms with Crippen LogP contribution in [-0.4, -0.2) is 27.7 Å². The Bertz CT molecular complexity index is 690. The van der Waals surface area contributed by atoms with Gasteiger partial charge in [0.25, 0.3) is 10.9 Å². The molecule has 0 fully saturated rings.